The molecular weight excluding hydrogens is 236 g/mol. The lowest BCUT2D eigenvalue weighted by Crippen LogP contribution is -2.21. The van der Waals surface area contributed by atoms with Crippen molar-refractivity contribution in [3.05, 3.63) is 23.9 Å². The van der Waals surface area contributed by atoms with Crippen molar-refractivity contribution in [2.45, 2.75) is 52.0 Å². The highest BCUT2D eigenvalue weighted by molar-refractivity contribution is 5.28. The molecular formula is C16H26N2O. The zero-order valence-corrected chi connectivity index (χ0v) is 12.2. The number of aromatic nitrogens is 1. The summed E-state index contributed by atoms with van der Waals surface area (Å²) in [5, 5.41) is 3.49. The number of nitrogens with one attached hydrogen (secondary N) is 1. The first kappa shape index (κ1) is 14.3. The smallest absolute Gasteiger partial charge is 0.218 e. The van der Waals surface area contributed by atoms with Gasteiger partial charge in [0.2, 0.25) is 5.88 Å². The van der Waals surface area contributed by atoms with Crippen LogP contribution in [0.5, 0.6) is 5.88 Å². The molecule has 2 rings (SSSR count). The Balaban J connectivity index is 1.87. The highest BCUT2D eigenvalue weighted by atomic mass is 16.5. The summed E-state index contributed by atoms with van der Waals surface area (Å²) in [7, 11) is 0. The highest BCUT2D eigenvalue weighted by Gasteiger charge is 2.18. The van der Waals surface area contributed by atoms with E-state index in [1.54, 1.807) is 0 Å². The van der Waals surface area contributed by atoms with E-state index in [0.29, 0.717) is 6.04 Å². The van der Waals surface area contributed by atoms with E-state index in [-0.39, 0.29) is 0 Å². The van der Waals surface area contributed by atoms with Gasteiger partial charge in [-0.2, -0.15) is 0 Å². The quantitative estimate of drug-likeness (QED) is 0.775. The van der Waals surface area contributed by atoms with Gasteiger partial charge in [-0.15, -0.1) is 0 Å². The van der Waals surface area contributed by atoms with Crippen LogP contribution in [0, 0.1) is 5.92 Å². The van der Waals surface area contributed by atoms with Crippen molar-refractivity contribution in [3.63, 3.8) is 0 Å². The van der Waals surface area contributed by atoms with Crippen LogP contribution in [-0.4, -0.2) is 18.1 Å². The molecule has 0 aromatic carbocycles. The number of ether oxygens (including phenoxy) is 1. The largest absolute Gasteiger partial charge is 0.477 e. The van der Waals surface area contributed by atoms with Crippen LogP contribution in [0.15, 0.2) is 18.3 Å². The monoisotopic (exact) mass is 262 g/mol. The Bertz CT molecular complexity index is 377. The summed E-state index contributed by atoms with van der Waals surface area (Å²) in [6, 6.07) is 4.39. The minimum atomic E-state index is 0.298. The SMILES string of the molecule is CCCNC(C)c1cccnc1OCCC1CCC1. The number of hydrogen-bond acceptors (Lipinski definition) is 3. The van der Waals surface area contributed by atoms with Crippen LogP contribution in [0.25, 0.3) is 0 Å². The average Bonchev–Trinajstić information content (AvgIpc) is 2.39. The molecule has 3 heteroatoms. The first-order chi connectivity index (χ1) is 9.31. The van der Waals surface area contributed by atoms with Crippen molar-refractivity contribution in [1.29, 1.82) is 0 Å². The third-order valence-electron chi connectivity index (χ3n) is 3.96. The van der Waals surface area contributed by atoms with Gasteiger partial charge < -0.3 is 10.1 Å². The van der Waals surface area contributed by atoms with Crippen LogP contribution < -0.4 is 10.1 Å². The van der Waals surface area contributed by atoms with Gasteiger partial charge in [0.05, 0.1) is 6.61 Å². The molecule has 0 spiro atoms. The lowest BCUT2D eigenvalue weighted by molar-refractivity contribution is 0.215. The van der Waals surface area contributed by atoms with Crippen molar-refractivity contribution in [2.24, 2.45) is 5.92 Å². The zero-order chi connectivity index (χ0) is 13.5. The maximum Gasteiger partial charge on any atom is 0.218 e. The second kappa shape index (κ2) is 7.49. The average molecular weight is 262 g/mol. The molecule has 3 nitrogen and oxygen atoms in total. The Morgan fingerprint density at radius 1 is 1.47 bits per heavy atom. The summed E-state index contributed by atoms with van der Waals surface area (Å²) in [6.07, 6.45) is 8.29. The highest BCUT2D eigenvalue weighted by Crippen LogP contribution is 2.30. The van der Waals surface area contributed by atoms with E-state index in [0.717, 1.165) is 31.4 Å². The standard InChI is InChI=1S/C16H26N2O/c1-3-10-17-13(2)15-8-5-11-18-16(15)19-12-9-14-6-4-7-14/h5,8,11,13-14,17H,3-4,6-7,9-10,12H2,1-2H3. The number of nitrogens with zero attached hydrogens (tertiary/aromatic N) is 1. The van der Waals surface area contributed by atoms with Gasteiger partial charge in [-0.05, 0) is 38.3 Å². The molecule has 106 valence electrons. The van der Waals surface area contributed by atoms with Gasteiger partial charge in [0.1, 0.15) is 0 Å². The summed E-state index contributed by atoms with van der Waals surface area (Å²) < 4.78 is 5.89. The second-order valence-electron chi connectivity index (χ2n) is 5.51. The number of rotatable bonds is 8. The minimum absolute atomic E-state index is 0.298. The van der Waals surface area contributed by atoms with Crippen LogP contribution >= 0.6 is 0 Å². The molecule has 0 radical (unpaired) electrons. The van der Waals surface area contributed by atoms with Crippen molar-refractivity contribution in [1.82, 2.24) is 10.3 Å². The summed E-state index contributed by atoms with van der Waals surface area (Å²) in [6.45, 7) is 6.18. The number of pyridine rings is 1. The molecule has 0 amide bonds. The predicted molar refractivity (Wildman–Crippen MR) is 78.4 cm³/mol. The Labute approximate surface area is 116 Å². The molecule has 1 aliphatic carbocycles. The maximum atomic E-state index is 5.89. The molecule has 1 atom stereocenters. The van der Waals surface area contributed by atoms with Gasteiger partial charge in [0.15, 0.2) is 0 Å². The van der Waals surface area contributed by atoms with Crippen molar-refractivity contribution in [2.75, 3.05) is 13.2 Å². The lowest BCUT2D eigenvalue weighted by Gasteiger charge is -2.25. The fourth-order valence-electron chi connectivity index (χ4n) is 2.43. The molecule has 0 bridgehead atoms. The first-order valence-corrected chi connectivity index (χ1v) is 7.62. The van der Waals surface area contributed by atoms with Crippen LogP contribution in [0.2, 0.25) is 0 Å². The molecule has 0 saturated heterocycles. The molecule has 1 aromatic rings. The van der Waals surface area contributed by atoms with E-state index < -0.39 is 0 Å². The molecule has 1 aromatic heterocycles. The Morgan fingerprint density at radius 3 is 3.00 bits per heavy atom. The van der Waals surface area contributed by atoms with E-state index in [2.05, 4.69) is 30.2 Å². The van der Waals surface area contributed by atoms with Gasteiger partial charge in [0, 0.05) is 17.8 Å². The van der Waals surface area contributed by atoms with Gasteiger partial charge in [0.25, 0.3) is 0 Å². The molecule has 1 heterocycles. The molecule has 1 aliphatic rings. The molecule has 1 saturated carbocycles. The Hall–Kier alpha value is -1.09. The van der Waals surface area contributed by atoms with Crippen molar-refractivity contribution >= 4 is 0 Å². The second-order valence-corrected chi connectivity index (χ2v) is 5.51. The van der Waals surface area contributed by atoms with E-state index in [4.69, 9.17) is 4.74 Å². The third-order valence-corrected chi connectivity index (χ3v) is 3.96. The van der Waals surface area contributed by atoms with E-state index in [1.165, 1.54) is 31.2 Å². The fraction of sp³-hybridized carbons (Fsp3) is 0.688. The topological polar surface area (TPSA) is 34.2 Å². The molecule has 1 N–H and O–H groups in total. The molecule has 1 fully saturated rings. The molecule has 1 unspecified atom stereocenters. The Kier molecular flexibility index (Phi) is 5.64. The Morgan fingerprint density at radius 2 is 2.32 bits per heavy atom. The fourth-order valence-corrected chi connectivity index (χ4v) is 2.43. The van der Waals surface area contributed by atoms with E-state index >= 15 is 0 Å². The van der Waals surface area contributed by atoms with Gasteiger partial charge in [-0.25, -0.2) is 4.98 Å². The molecule has 0 aliphatic heterocycles. The zero-order valence-electron chi connectivity index (χ0n) is 12.2. The van der Waals surface area contributed by atoms with Crippen LogP contribution in [-0.2, 0) is 0 Å². The van der Waals surface area contributed by atoms with E-state index in [9.17, 15) is 0 Å². The summed E-state index contributed by atoms with van der Waals surface area (Å²) in [5.74, 6) is 1.70. The minimum Gasteiger partial charge on any atom is -0.477 e. The molecule has 19 heavy (non-hydrogen) atoms. The van der Waals surface area contributed by atoms with Gasteiger partial charge >= 0.3 is 0 Å². The van der Waals surface area contributed by atoms with Gasteiger partial charge in [-0.3, -0.25) is 0 Å². The predicted octanol–water partition coefficient (Wildman–Crippen LogP) is 3.71. The number of hydrogen-bond donors (Lipinski definition) is 1. The first-order valence-electron chi connectivity index (χ1n) is 7.62. The van der Waals surface area contributed by atoms with Crippen LogP contribution in [0.3, 0.4) is 0 Å². The van der Waals surface area contributed by atoms with Crippen LogP contribution in [0.1, 0.15) is 57.6 Å². The summed E-state index contributed by atoms with van der Waals surface area (Å²) >= 11 is 0. The third kappa shape index (κ3) is 4.20. The van der Waals surface area contributed by atoms with E-state index in [1.807, 2.05) is 12.3 Å². The summed E-state index contributed by atoms with van der Waals surface area (Å²) in [5.41, 5.74) is 1.17. The van der Waals surface area contributed by atoms with Crippen molar-refractivity contribution < 1.29 is 4.74 Å². The summed E-state index contributed by atoms with van der Waals surface area (Å²) in [4.78, 5) is 4.39. The lowest BCUT2D eigenvalue weighted by atomic mass is 9.83. The van der Waals surface area contributed by atoms with Gasteiger partial charge in [-0.1, -0.05) is 32.3 Å². The normalized spacial score (nSPS) is 16.9. The maximum absolute atomic E-state index is 5.89. The van der Waals surface area contributed by atoms with Crippen LogP contribution in [0.4, 0.5) is 0 Å². The van der Waals surface area contributed by atoms with Crippen molar-refractivity contribution in [3.8, 4) is 5.88 Å².